The van der Waals surface area contributed by atoms with Crippen molar-refractivity contribution in [3.8, 4) is 0 Å². The topological polar surface area (TPSA) is 75.5 Å². The first kappa shape index (κ1) is 19.4. The second-order valence-corrected chi connectivity index (χ2v) is 8.22. The molecule has 7 heteroatoms. The van der Waals surface area contributed by atoms with Gasteiger partial charge in [-0.1, -0.05) is 30.3 Å². The molecule has 29 heavy (non-hydrogen) atoms. The summed E-state index contributed by atoms with van der Waals surface area (Å²) in [7, 11) is 0. The number of para-hydroxylation sites is 2. The van der Waals surface area contributed by atoms with Crippen molar-refractivity contribution in [2.75, 3.05) is 24.5 Å². The smallest absolute Gasteiger partial charge is 0.292 e. The third kappa shape index (κ3) is 4.24. The second kappa shape index (κ2) is 8.61. The number of hydrogen-bond donors (Lipinski definition) is 1. The lowest BCUT2D eigenvalue weighted by atomic mass is 9.95. The van der Waals surface area contributed by atoms with Gasteiger partial charge in [-0.15, -0.1) is 11.3 Å². The van der Waals surface area contributed by atoms with Crippen LogP contribution >= 0.6 is 11.3 Å². The zero-order valence-corrected chi connectivity index (χ0v) is 16.9. The fourth-order valence-corrected chi connectivity index (χ4v) is 4.96. The lowest BCUT2D eigenvalue weighted by Gasteiger charge is -2.32. The monoisotopic (exact) mass is 409 g/mol. The van der Waals surface area contributed by atoms with Gasteiger partial charge in [0.1, 0.15) is 5.69 Å². The van der Waals surface area contributed by atoms with Crippen LogP contribution in [0.1, 0.15) is 18.4 Å². The first-order valence-electron chi connectivity index (χ1n) is 9.84. The summed E-state index contributed by atoms with van der Waals surface area (Å²) in [5, 5.41) is 17.8. The number of nitrogens with zero attached hydrogens (tertiary/aromatic N) is 2. The molecule has 1 fully saturated rings. The van der Waals surface area contributed by atoms with Crippen molar-refractivity contribution in [3.05, 3.63) is 69.6 Å². The molecule has 6 nitrogen and oxygen atoms in total. The van der Waals surface area contributed by atoms with Crippen molar-refractivity contribution < 1.29 is 9.72 Å². The predicted molar refractivity (Wildman–Crippen MR) is 117 cm³/mol. The third-order valence-corrected chi connectivity index (χ3v) is 6.55. The number of carbonyl (C=O) groups excluding carboxylic acids is 1. The fraction of sp³-hybridized carbons (Fsp3) is 0.318. The lowest BCUT2D eigenvalue weighted by molar-refractivity contribution is -0.384. The van der Waals surface area contributed by atoms with Gasteiger partial charge >= 0.3 is 0 Å². The molecule has 1 saturated heterocycles. The Kier molecular flexibility index (Phi) is 5.76. The maximum Gasteiger partial charge on any atom is 0.292 e. The Morgan fingerprint density at radius 1 is 1.14 bits per heavy atom. The molecular formula is C22H23N3O3S. The SMILES string of the molecule is O=C(NCCc1csc2ccccc12)C1CCN(c2ccccc2[N+](=O)[O-])CC1. The van der Waals surface area contributed by atoms with Crippen molar-refractivity contribution in [2.45, 2.75) is 19.3 Å². The molecule has 3 aromatic rings. The lowest BCUT2D eigenvalue weighted by Crippen LogP contribution is -2.41. The van der Waals surface area contributed by atoms with Crippen molar-refractivity contribution in [1.29, 1.82) is 0 Å². The molecule has 0 bridgehead atoms. The number of anilines is 1. The minimum Gasteiger partial charge on any atom is -0.366 e. The number of thiophene rings is 1. The van der Waals surface area contributed by atoms with E-state index in [0.29, 0.717) is 38.2 Å². The summed E-state index contributed by atoms with van der Waals surface area (Å²) >= 11 is 1.74. The maximum absolute atomic E-state index is 12.6. The van der Waals surface area contributed by atoms with Crippen LogP contribution in [-0.2, 0) is 11.2 Å². The van der Waals surface area contributed by atoms with Crippen LogP contribution in [0.15, 0.2) is 53.9 Å². The number of rotatable bonds is 6. The van der Waals surface area contributed by atoms with Gasteiger partial charge in [0.2, 0.25) is 5.91 Å². The first-order chi connectivity index (χ1) is 14.1. The van der Waals surface area contributed by atoms with Gasteiger partial charge in [-0.25, -0.2) is 0 Å². The van der Waals surface area contributed by atoms with Crippen LogP contribution in [-0.4, -0.2) is 30.5 Å². The Bertz CT molecular complexity index is 1020. The first-order valence-corrected chi connectivity index (χ1v) is 10.7. The summed E-state index contributed by atoms with van der Waals surface area (Å²) in [5.74, 6) is 0.0555. The van der Waals surface area contributed by atoms with Crippen LogP contribution in [0.5, 0.6) is 0 Å². The molecule has 0 saturated carbocycles. The minimum atomic E-state index is -0.345. The van der Waals surface area contributed by atoms with E-state index in [9.17, 15) is 14.9 Å². The molecule has 1 aromatic heterocycles. The maximum atomic E-state index is 12.6. The molecule has 2 aromatic carbocycles. The summed E-state index contributed by atoms with van der Waals surface area (Å²) < 4.78 is 1.27. The van der Waals surface area contributed by atoms with Gasteiger partial charge in [-0.2, -0.15) is 0 Å². The zero-order chi connectivity index (χ0) is 20.2. The van der Waals surface area contributed by atoms with Gasteiger partial charge in [0.25, 0.3) is 5.69 Å². The van der Waals surface area contributed by atoms with Gasteiger partial charge in [0.05, 0.1) is 4.92 Å². The van der Waals surface area contributed by atoms with Crippen molar-refractivity contribution in [2.24, 2.45) is 5.92 Å². The molecule has 0 aliphatic carbocycles. The molecule has 0 unspecified atom stereocenters. The average molecular weight is 410 g/mol. The van der Waals surface area contributed by atoms with Crippen LogP contribution in [0.3, 0.4) is 0 Å². The highest BCUT2D eigenvalue weighted by atomic mass is 32.1. The molecule has 2 heterocycles. The molecule has 1 aliphatic heterocycles. The van der Waals surface area contributed by atoms with Gasteiger partial charge in [0.15, 0.2) is 0 Å². The molecule has 0 spiro atoms. The predicted octanol–water partition coefficient (Wildman–Crippen LogP) is 4.38. The Morgan fingerprint density at radius 3 is 2.66 bits per heavy atom. The Morgan fingerprint density at radius 2 is 1.86 bits per heavy atom. The third-order valence-electron chi connectivity index (χ3n) is 5.54. The zero-order valence-electron chi connectivity index (χ0n) is 16.0. The number of piperidine rings is 1. The number of nitro benzene ring substituents is 1. The van der Waals surface area contributed by atoms with Crippen LogP contribution in [0.25, 0.3) is 10.1 Å². The summed E-state index contributed by atoms with van der Waals surface area (Å²) in [6.45, 7) is 1.93. The minimum absolute atomic E-state index is 0.0340. The average Bonchev–Trinajstić information content (AvgIpc) is 3.17. The Labute approximate surface area is 173 Å². The van der Waals surface area contributed by atoms with Crippen molar-refractivity contribution >= 4 is 38.7 Å². The highest BCUT2D eigenvalue weighted by molar-refractivity contribution is 7.17. The van der Waals surface area contributed by atoms with Crippen LogP contribution in [0.2, 0.25) is 0 Å². The normalized spacial score (nSPS) is 14.8. The van der Waals surface area contributed by atoms with E-state index in [1.807, 2.05) is 23.1 Å². The number of fused-ring (bicyclic) bond motifs is 1. The highest BCUT2D eigenvalue weighted by Gasteiger charge is 2.27. The van der Waals surface area contributed by atoms with Crippen LogP contribution < -0.4 is 10.2 Å². The largest absolute Gasteiger partial charge is 0.366 e. The van der Waals surface area contributed by atoms with E-state index < -0.39 is 0 Å². The molecule has 1 aliphatic rings. The van der Waals surface area contributed by atoms with Gasteiger partial charge in [0, 0.05) is 36.3 Å². The fourth-order valence-electron chi connectivity index (χ4n) is 3.96. The molecule has 4 rings (SSSR count). The molecule has 0 radical (unpaired) electrons. The molecule has 1 amide bonds. The standard InChI is InChI=1S/C22H23N3O3S/c26-22(23-12-9-17-15-29-21-8-4-1-5-18(17)21)16-10-13-24(14-11-16)19-6-2-3-7-20(19)25(27)28/h1-8,15-16H,9-14H2,(H,23,26). The number of hydrogen-bond acceptors (Lipinski definition) is 5. The van der Waals surface area contributed by atoms with E-state index in [1.54, 1.807) is 23.5 Å². The number of benzene rings is 2. The Balaban J connectivity index is 1.29. The summed E-state index contributed by atoms with van der Waals surface area (Å²) in [6.07, 6.45) is 2.24. The summed E-state index contributed by atoms with van der Waals surface area (Å²) in [4.78, 5) is 25.5. The van der Waals surface area contributed by atoms with Gasteiger partial charge in [-0.3, -0.25) is 14.9 Å². The van der Waals surface area contributed by atoms with Gasteiger partial charge in [-0.05, 0) is 47.7 Å². The van der Waals surface area contributed by atoms with E-state index in [-0.39, 0.29) is 22.4 Å². The molecule has 1 N–H and O–H groups in total. The molecule has 150 valence electrons. The van der Waals surface area contributed by atoms with E-state index in [1.165, 1.54) is 21.7 Å². The second-order valence-electron chi connectivity index (χ2n) is 7.31. The number of nitro groups is 1. The molecule has 0 atom stereocenters. The number of amides is 1. The quantitative estimate of drug-likeness (QED) is 0.484. The van der Waals surface area contributed by atoms with E-state index in [2.05, 4.69) is 22.8 Å². The van der Waals surface area contributed by atoms with E-state index in [4.69, 9.17) is 0 Å². The van der Waals surface area contributed by atoms with Gasteiger partial charge < -0.3 is 10.2 Å². The van der Waals surface area contributed by atoms with E-state index in [0.717, 1.165) is 6.42 Å². The summed E-state index contributed by atoms with van der Waals surface area (Å²) in [5.41, 5.74) is 2.04. The number of carbonyl (C=O) groups is 1. The van der Waals surface area contributed by atoms with Crippen molar-refractivity contribution in [3.63, 3.8) is 0 Å². The van der Waals surface area contributed by atoms with Crippen LogP contribution in [0, 0.1) is 16.0 Å². The molecular weight excluding hydrogens is 386 g/mol. The van der Waals surface area contributed by atoms with Crippen LogP contribution in [0.4, 0.5) is 11.4 Å². The highest BCUT2D eigenvalue weighted by Crippen LogP contribution is 2.31. The Hall–Kier alpha value is -2.93. The number of nitrogens with one attached hydrogen (secondary N) is 1. The van der Waals surface area contributed by atoms with Crippen molar-refractivity contribution in [1.82, 2.24) is 5.32 Å². The summed E-state index contributed by atoms with van der Waals surface area (Å²) in [6, 6.07) is 15.1. The van der Waals surface area contributed by atoms with E-state index >= 15 is 0 Å².